The molecule has 0 N–H and O–H groups in total. The molecule has 29 heavy (non-hydrogen) atoms. The number of rotatable bonds is 6. The Labute approximate surface area is 176 Å². The van der Waals surface area contributed by atoms with Crippen LogP contribution in [0.2, 0.25) is 5.02 Å². The number of aryl methyl sites for hydroxylation is 1. The van der Waals surface area contributed by atoms with Gasteiger partial charge in [-0.25, -0.2) is 4.79 Å². The van der Waals surface area contributed by atoms with Gasteiger partial charge in [-0.2, -0.15) is 0 Å². The van der Waals surface area contributed by atoms with E-state index in [1.807, 2.05) is 49.4 Å². The number of carbonyl (C=O) groups excluding carboxylic acids is 2. The monoisotopic (exact) mass is 416 g/mol. The molecule has 2 aromatic rings. The lowest BCUT2D eigenvalue weighted by Crippen LogP contribution is -2.50. The van der Waals surface area contributed by atoms with Crippen LogP contribution in [0.3, 0.4) is 0 Å². The van der Waals surface area contributed by atoms with Gasteiger partial charge in [0.15, 0.2) is 12.7 Å². The van der Waals surface area contributed by atoms with E-state index in [1.54, 1.807) is 17.9 Å². The van der Waals surface area contributed by atoms with Gasteiger partial charge in [0.2, 0.25) is 0 Å². The van der Waals surface area contributed by atoms with Crippen molar-refractivity contribution in [2.75, 3.05) is 37.7 Å². The quantitative estimate of drug-likeness (QED) is 0.676. The van der Waals surface area contributed by atoms with Crippen molar-refractivity contribution in [2.45, 2.75) is 20.0 Å². The normalized spacial score (nSPS) is 15.0. The van der Waals surface area contributed by atoms with Gasteiger partial charge in [-0.3, -0.25) is 4.79 Å². The van der Waals surface area contributed by atoms with Crippen LogP contribution in [0.4, 0.5) is 5.69 Å². The maximum atomic E-state index is 12.4. The van der Waals surface area contributed by atoms with Crippen LogP contribution in [0.1, 0.15) is 12.5 Å². The number of piperazine rings is 1. The van der Waals surface area contributed by atoms with Crippen molar-refractivity contribution >= 4 is 29.2 Å². The summed E-state index contributed by atoms with van der Waals surface area (Å²) >= 11 is 6.05. The standard InChI is InChI=1S/C22H25ClN2O4/c1-16-5-3-8-20(13-16)29-17(2)22(27)28-15-21(26)25-11-9-24(10-12-25)19-7-4-6-18(23)14-19/h3-8,13-14,17H,9-12,15H2,1-2H3/t17-/m1/s1. The average molecular weight is 417 g/mol. The van der Waals surface area contributed by atoms with E-state index in [4.69, 9.17) is 21.1 Å². The van der Waals surface area contributed by atoms with E-state index in [0.29, 0.717) is 37.0 Å². The maximum absolute atomic E-state index is 12.4. The Morgan fingerprint density at radius 1 is 1.07 bits per heavy atom. The highest BCUT2D eigenvalue weighted by Crippen LogP contribution is 2.21. The largest absolute Gasteiger partial charge is 0.479 e. The highest BCUT2D eigenvalue weighted by atomic mass is 35.5. The van der Waals surface area contributed by atoms with E-state index in [1.165, 1.54) is 0 Å². The van der Waals surface area contributed by atoms with Crippen molar-refractivity contribution in [1.29, 1.82) is 0 Å². The van der Waals surface area contributed by atoms with Crippen LogP contribution in [0.15, 0.2) is 48.5 Å². The van der Waals surface area contributed by atoms with Crippen LogP contribution in [0, 0.1) is 6.92 Å². The van der Waals surface area contributed by atoms with Crippen LogP contribution < -0.4 is 9.64 Å². The predicted molar refractivity (Wildman–Crippen MR) is 112 cm³/mol. The summed E-state index contributed by atoms with van der Waals surface area (Å²) in [6.07, 6.45) is -0.788. The molecule has 1 fully saturated rings. The number of halogens is 1. The molecular weight excluding hydrogens is 392 g/mol. The minimum absolute atomic E-state index is 0.202. The van der Waals surface area contributed by atoms with Gasteiger partial charge in [-0.15, -0.1) is 0 Å². The summed E-state index contributed by atoms with van der Waals surface area (Å²) in [7, 11) is 0. The van der Waals surface area contributed by atoms with Gasteiger partial charge in [0.25, 0.3) is 5.91 Å². The maximum Gasteiger partial charge on any atom is 0.347 e. The Balaban J connectivity index is 1.43. The number of benzene rings is 2. The molecule has 0 unspecified atom stereocenters. The summed E-state index contributed by atoms with van der Waals surface area (Å²) in [5, 5.41) is 0.690. The number of hydrogen-bond donors (Lipinski definition) is 0. The summed E-state index contributed by atoms with van der Waals surface area (Å²) < 4.78 is 10.8. The van der Waals surface area contributed by atoms with E-state index < -0.39 is 12.1 Å². The van der Waals surface area contributed by atoms with Crippen LogP contribution >= 0.6 is 11.6 Å². The molecule has 6 nitrogen and oxygen atoms in total. The van der Waals surface area contributed by atoms with Crippen LogP contribution in [0.25, 0.3) is 0 Å². The summed E-state index contributed by atoms with van der Waals surface area (Å²) in [4.78, 5) is 28.4. The molecule has 0 spiro atoms. The summed E-state index contributed by atoms with van der Waals surface area (Å²) in [5.41, 5.74) is 2.08. The van der Waals surface area contributed by atoms with Gasteiger partial charge in [-0.1, -0.05) is 29.8 Å². The summed E-state index contributed by atoms with van der Waals surface area (Å²) in [6.45, 7) is 5.81. The highest BCUT2D eigenvalue weighted by Gasteiger charge is 2.24. The van der Waals surface area contributed by atoms with E-state index in [2.05, 4.69) is 4.90 Å². The van der Waals surface area contributed by atoms with Crippen molar-refractivity contribution in [1.82, 2.24) is 4.90 Å². The number of nitrogens with zero attached hydrogens (tertiary/aromatic N) is 2. The molecule has 1 aliphatic heterocycles. The zero-order chi connectivity index (χ0) is 20.8. The van der Waals surface area contributed by atoms with Gasteiger partial charge in [0.05, 0.1) is 0 Å². The fourth-order valence-corrected chi connectivity index (χ4v) is 3.35. The van der Waals surface area contributed by atoms with Crippen molar-refractivity contribution in [3.8, 4) is 5.75 Å². The molecular formula is C22H25ClN2O4. The second kappa shape index (κ2) is 9.65. The molecule has 0 radical (unpaired) electrons. The number of anilines is 1. The van der Waals surface area contributed by atoms with E-state index >= 15 is 0 Å². The fourth-order valence-electron chi connectivity index (χ4n) is 3.17. The molecule has 7 heteroatoms. The number of hydrogen-bond acceptors (Lipinski definition) is 5. The first-order valence-electron chi connectivity index (χ1n) is 9.60. The second-order valence-corrected chi connectivity index (χ2v) is 7.47. The average Bonchev–Trinajstić information content (AvgIpc) is 2.72. The fraction of sp³-hybridized carbons (Fsp3) is 0.364. The molecule has 3 rings (SSSR count). The molecule has 1 heterocycles. The van der Waals surface area contributed by atoms with E-state index in [9.17, 15) is 9.59 Å². The van der Waals surface area contributed by atoms with Gasteiger partial charge >= 0.3 is 5.97 Å². The van der Waals surface area contributed by atoms with Crippen molar-refractivity contribution < 1.29 is 19.1 Å². The molecule has 0 saturated carbocycles. The molecule has 0 aromatic heterocycles. The number of esters is 1. The molecule has 0 aliphatic carbocycles. The van der Waals surface area contributed by atoms with E-state index in [-0.39, 0.29) is 12.5 Å². The van der Waals surface area contributed by atoms with Crippen LogP contribution in [0.5, 0.6) is 5.75 Å². The lowest BCUT2D eigenvalue weighted by Gasteiger charge is -2.36. The van der Waals surface area contributed by atoms with E-state index in [0.717, 1.165) is 11.3 Å². The molecule has 0 bridgehead atoms. The Kier molecular flexibility index (Phi) is 6.99. The first kappa shape index (κ1) is 21.0. The van der Waals surface area contributed by atoms with Gasteiger partial charge in [-0.05, 0) is 49.7 Å². The molecule has 1 saturated heterocycles. The molecule has 1 amide bonds. The Hall–Kier alpha value is -2.73. The molecule has 2 aromatic carbocycles. The molecule has 1 aliphatic rings. The third-order valence-electron chi connectivity index (χ3n) is 4.78. The summed E-state index contributed by atoms with van der Waals surface area (Å²) in [6, 6.07) is 15.1. The lowest BCUT2D eigenvalue weighted by molar-refractivity contribution is -0.157. The molecule has 1 atom stereocenters. The van der Waals surface area contributed by atoms with Crippen LogP contribution in [-0.2, 0) is 14.3 Å². The van der Waals surface area contributed by atoms with Gasteiger partial charge < -0.3 is 19.3 Å². The zero-order valence-corrected chi connectivity index (χ0v) is 17.4. The predicted octanol–water partition coefficient (Wildman–Crippen LogP) is 3.31. The SMILES string of the molecule is Cc1cccc(O[C@H](C)C(=O)OCC(=O)N2CCN(c3cccc(Cl)c3)CC2)c1. The Morgan fingerprint density at radius 3 is 2.48 bits per heavy atom. The zero-order valence-electron chi connectivity index (χ0n) is 16.6. The Morgan fingerprint density at radius 2 is 1.79 bits per heavy atom. The molecule has 154 valence electrons. The third kappa shape index (κ3) is 5.87. The Bertz CT molecular complexity index is 865. The first-order chi connectivity index (χ1) is 13.9. The van der Waals surface area contributed by atoms with Crippen molar-refractivity contribution in [2.24, 2.45) is 0 Å². The topological polar surface area (TPSA) is 59.1 Å². The van der Waals surface area contributed by atoms with Gasteiger partial charge in [0, 0.05) is 36.9 Å². The number of ether oxygens (including phenoxy) is 2. The highest BCUT2D eigenvalue weighted by molar-refractivity contribution is 6.30. The second-order valence-electron chi connectivity index (χ2n) is 7.03. The van der Waals surface area contributed by atoms with Crippen molar-refractivity contribution in [3.63, 3.8) is 0 Å². The lowest BCUT2D eigenvalue weighted by atomic mass is 10.2. The smallest absolute Gasteiger partial charge is 0.347 e. The number of carbonyl (C=O) groups is 2. The third-order valence-corrected chi connectivity index (χ3v) is 5.01. The van der Waals surface area contributed by atoms with Gasteiger partial charge in [0.1, 0.15) is 5.75 Å². The minimum atomic E-state index is -0.788. The number of amides is 1. The van der Waals surface area contributed by atoms with Crippen LogP contribution in [-0.4, -0.2) is 55.7 Å². The first-order valence-corrected chi connectivity index (χ1v) is 9.98. The minimum Gasteiger partial charge on any atom is -0.479 e. The summed E-state index contributed by atoms with van der Waals surface area (Å²) in [5.74, 6) is -0.165. The van der Waals surface area contributed by atoms with Crippen molar-refractivity contribution in [3.05, 3.63) is 59.1 Å².